The van der Waals surface area contributed by atoms with E-state index in [0.29, 0.717) is 6.61 Å². The van der Waals surface area contributed by atoms with Gasteiger partial charge >= 0.3 is 6.03 Å². The number of carbonyl (C=O) groups is 1. The summed E-state index contributed by atoms with van der Waals surface area (Å²) in [5.41, 5.74) is -0.0852. The zero-order valence-corrected chi connectivity index (χ0v) is 13.7. The molecule has 0 unspecified atom stereocenters. The molecule has 2 amide bonds. The van der Waals surface area contributed by atoms with Crippen LogP contribution in [0.3, 0.4) is 0 Å². The average molecular weight is 332 g/mol. The van der Waals surface area contributed by atoms with E-state index in [2.05, 4.69) is 10.6 Å². The lowest BCUT2D eigenvalue weighted by Crippen LogP contribution is -2.45. The lowest BCUT2D eigenvalue weighted by Gasteiger charge is -2.28. The van der Waals surface area contributed by atoms with Gasteiger partial charge in [0.05, 0.1) is 19.2 Å². The Morgan fingerprint density at radius 3 is 3.00 bits per heavy atom. The fourth-order valence-electron chi connectivity index (χ4n) is 2.63. The van der Waals surface area contributed by atoms with Gasteiger partial charge in [0.1, 0.15) is 11.4 Å². The lowest BCUT2D eigenvalue weighted by atomic mass is 10.0. The van der Waals surface area contributed by atoms with Crippen molar-refractivity contribution in [1.29, 1.82) is 0 Å². The number of ether oxygens (including phenoxy) is 1. The normalized spacial score (nSPS) is 19.1. The van der Waals surface area contributed by atoms with Crippen LogP contribution in [0.15, 0.2) is 41.8 Å². The Bertz CT molecular complexity index is 670. The zero-order chi connectivity index (χ0) is 16.3. The van der Waals surface area contributed by atoms with E-state index in [1.165, 1.54) is 11.3 Å². The first kappa shape index (κ1) is 15.8. The van der Waals surface area contributed by atoms with Crippen LogP contribution in [0.1, 0.15) is 29.8 Å². The highest BCUT2D eigenvalue weighted by atomic mass is 32.1. The fourth-order valence-corrected chi connectivity index (χ4v) is 3.41. The van der Waals surface area contributed by atoms with Gasteiger partial charge in [-0.25, -0.2) is 4.79 Å². The molecule has 0 saturated heterocycles. The van der Waals surface area contributed by atoms with Crippen LogP contribution in [0.2, 0.25) is 0 Å². The maximum atomic E-state index is 12.2. The molecule has 0 saturated carbocycles. The number of urea groups is 1. The smallest absolute Gasteiger partial charge is 0.315 e. The van der Waals surface area contributed by atoms with Gasteiger partial charge in [-0.3, -0.25) is 0 Å². The molecule has 2 heterocycles. The minimum atomic E-state index is -1.07. The maximum absolute atomic E-state index is 12.2. The van der Waals surface area contributed by atoms with Crippen molar-refractivity contribution in [2.45, 2.75) is 25.0 Å². The van der Waals surface area contributed by atoms with E-state index >= 15 is 0 Å². The Kier molecular flexibility index (Phi) is 4.54. The molecule has 0 aliphatic carbocycles. The van der Waals surface area contributed by atoms with Crippen molar-refractivity contribution >= 4 is 17.4 Å². The van der Waals surface area contributed by atoms with Crippen molar-refractivity contribution in [2.75, 3.05) is 13.2 Å². The molecular weight excluding hydrogens is 312 g/mol. The lowest BCUT2D eigenvalue weighted by molar-refractivity contribution is 0.0629. The van der Waals surface area contributed by atoms with Gasteiger partial charge in [-0.1, -0.05) is 24.3 Å². The summed E-state index contributed by atoms with van der Waals surface area (Å²) in [6.07, 6.45) is 0.728. The summed E-state index contributed by atoms with van der Waals surface area (Å²) in [7, 11) is 0. The number of hydrogen-bond donors (Lipinski definition) is 3. The monoisotopic (exact) mass is 332 g/mol. The second kappa shape index (κ2) is 6.60. The molecular formula is C17H20N2O3S. The highest BCUT2D eigenvalue weighted by Crippen LogP contribution is 2.31. The molecule has 1 aromatic carbocycles. The number of hydrogen-bond acceptors (Lipinski definition) is 4. The first-order chi connectivity index (χ1) is 11.1. The molecule has 3 N–H and O–H groups in total. The van der Waals surface area contributed by atoms with Crippen molar-refractivity contribution in [1.82, 2.24) is 10.6 Å². The maximum Gasteiger partial charge on any atom is 0.315 e. The number of carbonyl (C=O) groups excluding carboxylic acids is 1. The van der Waals surface area contributed by atoms with E-state index in [4.69, 9.17) is 4.74 Å². The van der Waals surface area contributed by atoms with Gasteiger partial charge in [-0.15, -0.1) is 11.3 Å². The molecule has 1 aliphatic rings. The SMILES string of the molecule is C[C@@](O)(CNC(=O)N[C@H]1CCOc2ccccc21)c1cccs1. The first-order valence-electron chi connectivity index (χ1n) is 7.59. The van der Waals surface area contributed by atoms with Crippen molar-refractivity contribution in [3.05, 3.63) is 52.2 Å². The van der Waals surface area contributed by atoms with Crippen LogP contribution < -0.4 is 15.4 Å². The number of para-hydroxylation sites is 1. The molecule has 1 aliphatic heterocycles. The van der Waals surface area contributed by atoms with Crippen LogP contribution in [0, 0.1) is 0 Å². The van der Waals surface area contributed by atoms with E-state index in [-0.39, 0.29) is 18.6 Å². The third-order valence-electron chi connectivity index (χ3n) is 3.91. The number of rotatable bonds is 4. The molecule has 122 valence electrons. The van der Waals surface area contributed by atoms with Gasteiger partial charge in [0.25, 0.3) is 0 Å². The summed E-state index contributed by atoms with van der Waals surface area (Å²) < 4.78 is 5.59. The second-order valence-corrected chi connectivity index (χ2v) is 6.75. The Morgan fingerprint density at radius 2 is 2.22 bits per heavy atom. The number of nitrogens with one attached hydrogen (secondary N) is 2. The number of amides is 2. The molecule has 3 rings (SSSR count). The highest BCUT2D eigenvalue weighted by molar-refractivity contribution is 7.10. The van der Waals surface area contributed by atoms with Gasteiger partial charge in [-0.05, 0) is 24.4 Å². The summed E-state index contributed by atoms with van der Waals surface area (Å²) in [4.78, 5) is 13.0. The average Bonchev–Trinajstić information content (AvgIpc) is 3.09. The topological polar surface area (TPSA) is 70.6 Å². The van der Waals surface area contributed by atoms with Crippen molar-refractivity contribution in [3.63, 3.8) is 0 Å². The van der Waals surface area contributed by atoms with Crippen LogP contribution in [0.4, 0.5) is 4.79 Å². The summed E-state index contributed by atoms with van der Waals surface area (Å²) >= 11 is 1.47. The van der Waals surface area contributed by atoms with E-state index in [9.17, 15) is 9.90 Å². The molecule has 5 nitrogen and oxygen atoms in total. The van der Waals surface area contributed by atoms with Gasteiger partial charge < -0.3 is 20.5 Å². The second-order valence-electron chi connectivity index (χ2n) is 5.81. The zero-order valence-electron chi connectivity index (χ0n) is 12.9. The third kappa shape index (κ3) is 3.65. The van der Waals surface area contributed by atoms with Crippen LogP contribution in [0.5, 0.6) is 5.75 Å². The van der Waals surface area contributed by atoms with Crippen molar-refractivity contribution in [3.8, 4) is 5.75 Å². The Morgan fingerprint density at radius 1 is 1.39 bits per heavy atom. The van der Waals surface area contributed by atoms with Gasteiger partial charge in [-0.2, -0.15) is 0 Å². The quantitative estimate of drug-likeness (QED) is 0.806. The molecule has 23 heavy (non-hydrogen) atoms. The molecule has 2 atom stereocenters. The standard InChI is InChI=1S/C17H20N2O3S/c1-17(21,15-7-4-10-23-15)11-18-16(20)19-13-8-9-22-14-6-3-2-5-12(13)14/h2-7,10,13,21H,8-9,11H2,1H3,(H2,18,19,20)/t13-,17+/m0/s1. The van der Waals surface area contributed by atoms with Gasteiger partial charge in [0.15, 0.2) is 0 Å². The van der Waals surface area contributed by atoms with E-state index in [0.717, 1.165) is 22.6 Å². The van der Waals surface area contributed by atoms with Crippen LogP contribution in [0.25, 0.3) is 0 Å². The number of thiophene rings is 1. The molecule has 0 bridgehead atoms. The first-order valence-corrected chi connectivity index (χ1v) is 8.47. The van der Waals surface area contributed by atoms with Crippen LogP contribution in [-0.2, 0) is 5.60 Å². The summed E-state index contributed by atoms with van der Waals surface area (Å²) in [5, 5.41) is 18.1. The summed E-state index contributed by atoms with van der Waals surface area (Å²) in [6.45, 7) is 2.43. The van der Waals surface area contributed by atoms with E-state index < -0.39 is 5.60 Å². The molecule has 0 spiro atoms. The Hall–Kier alpha value is -2.05. The Labute approximate surface area is 139 Å². The molecule has 0 radical (unpaired) electrons. The van der Waals surface area contributed by atoms with Gasteiger partial charge in [0, 0.05) is 16.9 Å². The highest BCUT2D eigenvalue weighted by Gasteiger charge is 2.26. The van der Waals surface area contributed by atoms with Crippen molar-refractivity contribution in [2.24, 2.45) is 0 Å². The van der Waals surface area contributed by atoms with E-state index in [1.54, 1.807) is 6.92 Å². The van der Waals surface area contributed by atoms with Crippen LogP contribution >= 0.6 is 11.3 Å². The fraction of sp³-hybridized carbons (Fsp3) is 0.353. The molecule has 6 heteroatoms. The largest absolute Gasteiger partial charge is 0.493 e. The number of fused-ring (bicyclic) bond motifs is 1. The minimum absolute atomic E-state index is 0.0772. The van der Waals surface area contributed by atoms with E-state index in [1.807, 2.05) is 41.8 Å². The molecule has 1 aromatic heterocycles. The molecule has 2 aromatic rings. The van der Waals surface area contributed by atoms with Gasteiger partial charge in [0.2, 0.25) is 0 Å². The van der Waals surface area contributed by atoms with Crippen molar-refractivity contribution < 1.29 is 14.6 Å². The summed E-state index contributed by atoms with van der Waals surface area (Å²) in [5.74, 6) is 0.814. The molecule has 0 fully saturated rings. The predicted octanol–water partition coefficient (Wildman–Crippen LogP) is 2.78. The predicted molar refractivity (Wildman–Crippen MR) is 89.7 cm³/mol. The number of benzene rings is 1. The van der Waals surface area contributed by atoms with Crippen LogP contribution in [-0.4, -0.2) is 24.3 Å². The Balaban J connectivity index is 1.58. The summed E-state index contributed by atoms with van der Waals surface area (Å²) in [6, 6.07) is 11.1. The number of aliphatic hydroxyl groups is 1. The minimum Gasteiger partial charge on any atom is -0.493 e. The third-order valence-corrected chi connectivity index (χ3v) is 5.03.